The summed E-state index contributed by atoms with van der Waals surface area (Å²) < 4.78 is 11.7. The van der Waals surface area contributed by atoms with E-state index in [0.717, 1.165) is 19.6 Å². The molecule has 0 aromatic rings. The van der Waals surface area contributed by atoms with Crippen LogP contribution in [-0.4, -0.2) is 19.0 Å². The Hall–Kier alpha value is -0.860. The topological polar surface area (TPSA) is 18.5 Å². The first kappa shape index (κ1) is 8.31. The fraction of sp³-hybridized carbons (Fsp3) is 0.538. The number of ether oxygens (including phenoxy) is 2. The zero-order valence-electron chi connectivity index (χ0n) is 8.61. The predicted molar refractivity (Wildman–Crippen MR) is 56.2 cm³/mol. The number of rotatable bonds is 0. The van der Waals surface area contributed by atoms with Gasteiger partial charge in [-0.15, -0.1) is 0 Å². The van der Waals surface area contributed by atoms with Crippen LogP contribution in [0.4, 0.5) is 0 Å². The molecule has 2 heteroatoms. The molecule has 2 bridgehead atoms. The summed E-state index contributed by atoms with van der Waals surface area (Å²) in [6.45, 7) is 1.45. The normalized spacial score (nSPS) is 43.7. The van der Waals surface area contributed by atoms with Crippen LogP contribution in [-0.2, 0) is 9.47 Å². The highest BCUT2D eigenvalue weighted by Crippen LogP contribution is 2.59. The molecule has 1 saturated heterocycles. The molecule has 1 fully saturated rings. The first-order chi connectivity index (χ1) is 7.33. The minimum atomic E-state index is -0.440. The van der Waals surface area contributed by atoms with E-state index in [0.29, 0.717) is 5.92 Å². The van der Waals surface area contributed by atoms with Crippen molar-refractivity contribution < 1.29 is 9.47 Å². The molecule has 0 aromatic heterocycles. The maximum atomic E-state index is 5.86. The minimum absolute atomic E-state index is 0.272. The summed E-state index contributed by atoms with van der Waals surface area (Å²) in [6, 6.07) is 0. The van der Waals surface area contributed by atoms with Crippen LogP contribution < -0.4 is 0 Å². The second-order valence-electron chi connectivity index (χ2n) is 4.99. The Bertz CT molecular complexity index is 399. The van der Waals surface area contributed by atoms with Crippen LogP contribution in [0.3, 0.4) is 0 Å². The van der Waals surface area contributed by atoms with Crippen LogP contribution in [0.5, 0.6) is 0 Å². The maximum absolute atomic E-state index is 5.86. The Morgan fingerprint density at radius 1 is 1.20 bits per heavy atom. The molecule has 2 unspecified atom stereocenters. The summed E-state index contributed by atoms with van der Waals surface area (Å²) in [6.07, 6.45) is 13.6. The summed E-state index contributed by atoms with van der Waals surface area (Å²) in [5.74, 6) is -0.0393. The van der Waals surface area contributed by atoms with Crippen LogP contribution in [0.2, 0.25) is 0 Å². The average Bonchev–Trinajstić information content (AvgIpc) is 2.90. The SMILES string of the molecule is C1=CC2(OCCO2)C2C=C3C=CC2(C1)C3. The Balaban J connectivity index is 1.85. The molecular formula is C13H14O2. The van der Waals surface area contributed by atoms with Gasteiger partial charge in [-0.05, 0) is 18.9 Å². The summed E-state index contributed by atoms with van der Waals surface area (Å²) in [7, 11) is 0. The lowest BCUT2D eigenvalue weighted by atomic mass is 9.68. The number of fused-ring (bicyclic) bond motifs is 2. The summed E-state index contributed by atoms with van der Waals surface area (Å²) in [4.78, 5) is 0. The van der Waals surface area contributed by atoms with Gasteiger partial charge in [0.05, 0.1) is 13.2 Å². The number of hydrogen-bond acceptors (Lipinski definition) is 2. The van der Waals surface area contributed by atoms with Gasteiger partial charge >= 0.3 is 0 Å². The van der Waals surface area contributed by atoms with Gasteiger partial charge in [-0.1, -0.05) is 29.9 Å². The van der Waals surface area contributed by atoms with Gasteiger partial charge in [-0.2, -0.15) is 0 Å². The fourth-order valence-corrected chi connectivity index (χ4v) is 3.53. The molecular weight excluding hydrogens is 188 g/mol. The fourth-order valence-electron chi connectivity index (χ4n) is 3.53. The van der Waals surface area contributed by atoms with Crippen LogP contribution in [0.25, 0.3) is 0 Å². The van der Waals surface area contributed by atoms with Crippen molar-refractivity contribution in [3.8, 4) is 0 Å². The molecule has 15 heavy (non-hydrogen) atoms. The number of allylic oxidation sites excluding steroid dienone is 4. The average molecular weight is 202 g/mol. The van der Waals surface area contributed by atoms with Crippen LogP contribution >= 0.6 is 0 Å². The molecule has 2 spiro atoms. The van der Waals surface area contributed by atoms with E-state index >= 15 is 0 Å². The molecule has 4 rings (SSSR count). The maximum Gasteiger partial charge on any atom is 0.195 e. The minimum Gasteiger partial charge on any atom is -0.343 e. The van der Waals surface area contributed by atoms with Gasteiger partial charge in [0, 0.05) is 11.3 Å². The lowest BCUT2D eigenvalue weighted by Gasteiger charge is -2.43. The van der Waals surface area contributed by atoms with E-state index in [-0.39, 0.29) is 5.41 Å². The van der Waals surface area contributed by atoms with E-state index in [1.54, 1.807) is 0 Å². The number of hydrogen-bond donors (Lipinski definition) is 0. The second-order valence-corrected chi connectivity index (χ2v) is 4.99. The molecule has 0 N–H and O–H groups in total. The predicted octanol–water partition coefficient (Wildman–Crippen LogP) is 2.19. The van der Waals surface area contributed by atoms with Gasteiger partial charge in [0.2, 0.25) is 0 Å². The molecule has 0 saturated carbocycles. The van der Waals surface area contributed by atoms with Crippen molar-refractivity contribution in [1.82, 2.24) is 0 Å². The molecule has 0 aromatic carbocycles. The highest BCUT2D eigenvalue weighted by molar-refractivity contribution is 5.43. The smallest absolute Gasteiger partial charge is 0.195 e. The third-order valence-electron chi connectivity index (χ3n) is 4.18. The molecule has 1 aliphatic heterocycles. The van der Waals surface area contributed by atoms with Crippen molar-refractivity contribution in [2.24, 2.45) is 11.3 Å². The molecule has 2 atom stereocenters. The van der Waals surface area contributed by atoms with Crippen LogP contribution in [0.1, 0.15) is 12.8 Å². The van der Waals surface area contributed by atoms with Crippen molar-refractivity contribution in [2.45, 2.75) is 18.6 Å². The molecule has 1 heterocycles. The molecule has 0 amide bonds. The summed E-state index contributed by atoms with van der Waals surface area (Å²) in [5.41, 5.74) is 1.73. The lowest BCUT2D eigenvalue weighted by molar-refractivity contribution is -0.168. The molecule has 2 nitrogen and oxygen atoms in total. The third kappa shape index (κ3) is 0.876. The Labute approximate surface area is 89.3 Å². The van der Waals surface area contributed by atoms with Crippen molar-refractivity contribution in [2.75, 3.05) is 13.2 Å². The Morgan fingerprint density at radius 2 is 2.07 bits per heavy atom. The molecule has 0 radical (unpaired) electrons. The van der Waals surface area contributed by atoms with E-state index in [9.17, 15) is 0 Å². The Morgan fingerprint density at radius 3 is 2.87 bits per heavy atom. The van der Waals surface area contributed by atoms with Crippen molar-refractivity contribution in [1.29, 1.82) is 0 Å². The van der Waals surface area contributed by atoms with E-state index in [1.165, 1.54) is 12.0 Å². The van der Waals surface area contributed by atoms with Gasteiger partial charge in [-0.3, -0.25) is 0 Å². The largest absolute Gasteiger partial charge is 0.343 e. The van der Waals surface area contributed by atoms with E-state index < -0.39 is 5.79 Å². The lowest BCUT2D eigenvalue weighted by Crippen LogP contribution is -2.46. The van der Waals surface area contributed by atoms with Gasteiger partial charge < -0.3 is 9.47 Å². The quantitative estimate of drug-likeness (QED) is 0.561. The highest BCUT2D eigenvalue weighted by Gasteiger charge is 2.57. The van der Waals surface area contributed by atoms with E-state index in [2.05, 4.69) is 30.4 Å². The standard InChI is InChI=1S/C13H14O2/c1-3-12-5-2-10(9-12)8-11(12)13(4-1)14-6-7-15-13/h1-2,4-5,8,11H,3,6-7,9H2. The zero-order chi connectivity index (χ0) is 9.93. The van der Waals surface area contributed by atoms with Gasteiger partial charge in [0.1, 0.15) is 0 Å². The molecule has 4 aliphatic rings. The van der Waals surface area contributed by atoms with Crippen LogP contribution in [0, 0.1) is 11.3 Å². The first-order valence-electron chi connectivity index (χ1n) is 5.69. The molecule has 3 aliphatic carbocycles. The van der Waals surface area contributed by atoms with Crippen molar-refractivity contribution in [3.05, 3.63) is 36.0 Å². The van der Waals surface area contributed by atoms with Crippen molar-refractivity contribution in [3.63, 3.8) is 0 Å². The van der Waals surface area contributed by atoms with Gasteiger partial charge in [0.15, 0.2) is 5.79 Å². The van der Waals surface area contributed by atoms with Gasteiger partial charge in [-0.25, -0.2) is 0 Å². The van der Waals surface area contributed by atoms with E-state index in [1.807, 2.05) is 0 Å². The highest BCUT2D eigenvalue weighted by atomic mass is 16.7. The van der Waals surface area contributed by atoms with Gasteiger partial charge in [0.25, 0.3) is 0 Å². The van der Waals surface area contributed by atoms with Crippen LogP contribution in [0.15, 0.2) is 36.0 Å². The second kappa shape index (κ2) is 2.45. The monoisotopic (exact) mass is 202 g/mol. The Kier molecular flexibility index (Phi) is 1.35. The first-order valence-corrected chi connectivity index (χ1v) is 5.69. The summed E-state index contributed by atoms with van der Waals surface area (Å²) in [5, 5.41) is 0. The summed E-state index contributed by atoms with van der Waals surface area (Å²) >= 11 is 0. The van der Waals surface area contributed by atoms with Crippen molar-refractivity contribution >= 4 is 0 Å². The molecule has 78 valence electrons. The zero-order valence-corrected chi connectivity index (χ0v) is 8.61. The third-order valence-corrected chi connectivity index (χ3v) is 4.18. The van der Waals surface area contributed by atoms with E-state index in [4.69, 9.17) is 9.47 Å².